The summed E-state index contributed by atoms with van der Waals surface area (Å²) in [6, 6.07) is 10.5. The summed E-state index contributed by atoms with van der Waals surface area (Å²) in [5.41, 5.74) is 6.70. The third-order valence-corrected chi connectivity index (χ3v) is 5.76. The topological polar surface area (TPSA) is 55.0 Å². The molecule has 2 N–H and O–H groups in total. The summed E-state index contributed by atoms with van der Waals surface area (Å²) < 4.78 is 2.46. The SMILES string of the molecule is Cc1cc(N)nnc1Sc1ccc(SN2CCCCC2)cc1. The third-order valence-electron chi connectivity index (χ3n) is 3.55. The molecule has 3 rings (SSSR count). The Morgan fingerprint density at radius 3 is 2.36 bits per heavy atom. The van der Waals surface area contributed by atoms with Gasteiger partial charge in [-0.25, -0.2) is 4.31 Å². The molecule has 0 aliphatic carbocycles. The highest BCUT2D eigenvalue weighted by Gasteiger charge is 2.11. The Balaban J connectivity index is 1.63. The Hall–Kier alpha value is -1.24. The van der Waals surface area contributed by atoms with Gasteiger partial charge in [-0.3, -0.25) is 0 Å². The van der Waals surface area contributed by atoms with Gasteiger partial charge in [-0.2, -0.15) is 0 Å². The molecule has 6 heteroatoms. The van der Waals surface area contributed by atoms with Crippen molar-refractivity contribution in [3.05, 3.63) is 35.9 Å². The number of aromatic nitrogens is 2. The molecule has 1 aromatic carbocycles. The van der Waals surface area contributed by atoms with Crippen molar-refractivity contribution in [3.63, 3.8) is 0 Å². The number of hydrogen-bond acceptors (Lipinski definition) is 6. The van der Waals surface area contributed by atoms with Gasteiger partial charge < -0.3 is 5.73 Å². The lowest BCUT2D eigenvalue weighted by Crippen LogP contribution is -2.22. The van der Waals surface area contributed by atoms with Crippen LogP contribution >= 0.6 is 23.7 Å². The van der Waals surface area contributed by atoms with Crippen LogP contribution in [0.2, 0.25) is 0 Å². The summed E-state index contributed by atoms with van der Waals surface area (Å²) in [5.74, 6) is 0.468. The van der Waals surface area contributed by atoms with E-state index in [9.17, 15) is 0 Å². The van der Waals surface area contributed by atoms with Crippen LogP contribution in [-0.4, -0.2) is 27.6 Å². The van der Waals surface area contributed by atoms with Gasteiger partial charge in [0, 0.05) is 22.9 Å². The summed E-state index contributed by atoms with van der Waals surface area (Å²) in [6.07, 6.45) is 4.00. The first-order valence-corrected chi connectivity index (χ1v) is 9.10. The van der Waals surface area contributed by atoms with Crippen molar-refractivity contribution in [2.24, 2.45) is 0 Å². The molecule has 1 aliphatic heterocycles. The van der Waals surface area contributed by atoms with Crippen molar-refractivity contribution < 1.29 is 0 Å². The van der Waals surface area contributed by atoms with Crippen LogP contribution in [0.4, 0.5) is 5.82 Å². The molecule has 2 aromatic rings. The molecule has 1 saturated heterocycles. The van der Waals surface area contributed by atoms with Crippen LogP contribution in [0.3, 0.4) is 0 Å². The summed E-state index contributed by atoms with van der Waals surface area (Å²) in [7, 11) is 0. The van der Waals surface area contributed by atoms with Crippen molar-refractivity contribution in [3.8, 4) is 0 Å². The van der Waals surface area contributed by atoms with Crippen LogP contribution in [0, 0.1) is 6.92 Å². The Morgan fingerprint density at radius 2 is 1.68 bits per heavy atom. The van der Waals surface area contributed by atoms with E-state index in [0.717, 1.165) is 10.6 Å². The highest BCUT2D eigenvalue weighted by molar-refractivity contribution is 7.99. The minimum Gasteiger partial charge on any atom is -0.382 e. The van der Waals surface area contributed by atoms with Gasteiger partial charge in [-0.1, -0.05) is 18.2 Å². The molecule has 0 radical (unpaired) electrons. The molecule has 116 valence electrons. The van der Waals surface area contributed by atoms with Crippen LogP contribution in [0.25, 0.3) is 0 Å². The third kappa shape index (κ3) is 4.15. The van der Waals surface area contributed by atoms with E-state index in [4.69, 9.17) is 5.73 Å². The summed E-state index contributed by atoms with van der Waals surface area (Å²) in [6.45, 7) is 4.40. The van der Waals surface area contributed by atoms with Crippen LogP contribution in [0.1, 0.15) is 24.8 Å². The first-order valence-electron chi connectivity index (χ1n) is 7.51. The summed E-state index contributed by atoms with van der Waals surface area (Å²) in [4.78, 5) is 2.47. The highest BCUT2D eigenvalue weighted by atomic mass is 32.2. The lowest BCUT2D eigenvalue weighted by molar-refractivity contribution is 0.380. The van der Waals surface area contributed by atoms with Gasteiger partial charge >= 0.3 is 0 Å². The second-order valence-electron chi connectivity index (χ2n) is 5.41. The first kappa shape index (κ1) is 15.6. The van der Waals surface area contributed by atoms with Gasteiger partial charge in [0.15, 0.2) is 0 Å². The van der Waals surface area contributed by atoms with Gasteiger partial charge in [0.25, 0.3) is 0 Å². The highest BCUT2D eigenvalue weighted by Crippen LogP contribution is 2.31. The fourth-order valence-electron chi connectivity index (χ4n) is 2.38. The second kappa shape index (κ2) is 7.35. The van der Waals surface area contributed by atoms with E-state index in [1.807, 2.05) is 24.9 Å². The fourth-order valence-corrected chi connectivity index (χ4v) is 4.17. The van der Waals surface area contributed by atoms with E-state index in [-0.39, 0.29) is 0 Å². The van der Waals surface area contributed by atoms with E-state index in [1.54, 1.807) is 11.8 Å². The van der Waals surface area contributed by atoms with Crippen LogP contribution in [0.15, 0.2) is 45.1 Å². The maximum atomic E-state index is 5.64. The number of nitrogens with zero attached hydrogens (tertiary/aromatic N) is 3. The molecule has 2 heterocycles. The van der Waals surface area contributed by atoms with Crippen molar-refractivity contribution in [1.82, 2.24) is 14.5 Å². The number of piperidine rings is 1. The van der Waals surface area contributed by atoms with E-state index < -0.39 is 0 Å². The van der Waals surface area contributed by atoms with E-state index in [1.165, 1.54) is 42.1 Å². The van der Waals surface area contributed by atoms with Crippen molar-refractivity contribution in [2.45, 2.75) is 41.0 Å². The average molecular weight is 332 g/mol. The summed E-state index contributed by atoms with van der Waals surface area (Å²) in [5, 5.41) is 9.00. The normalized spacial score (nSPS) is 15.9. The molecule has 1 aromatic heterocycles. The van der Waals surface area contributed by atoms with Gasteiger partial charge in [-0.15, -0.1) is 10.2 Å². The molecule has 22 heavy (non-hydrogen) atoms. The number of anilines is 1. The van der Waals surface area contributed by atoms with Crippen LogP contribution in [0.5, 0.6) is 0 Å². The minimum atomic E-state index is 0.468. The maximum Gasteiger partial charge on any atom is 0.146 e. The van der Waals surface area contributed by atoms with Gasteiger partial charge in [0.1, 0.15) is 10.8 Å². The lowest BCUT2D eigenvalue weighted by Gasteiger charge is -2.25. The Labute approximate surface area is 140 Å². The quantitative estimate of drug-likeness (QED) is 0.854. The van der Waals surface area contributed by atoms with Crippen LogP contribution < -0.4 is 5.73 Å². The zero-order valence-corrected chi connectivity index (χ0v) is 14.3. The number of nitrogens with two attached hydrogens (primary N) is 1. The zero-order valence-electron chi connectivity index (χ0n) is 12.7. The molecular weight excluding hydrogens is 312 g/mol. The molecule has 0 amide bonds. The first-order chi connectivity index (χ1) is 10.7. The van der Waals surface area contributed by atoms with E-state index in [0.29, 0.717) is 5.82 Å². The monoisotopic (exact) mass is 332 g/mol. The molecule has 1 fully saturated rings. The molecule has 4 nitrogen and oxygen atoms in total. The van der Waals surface area contributed by atoms with E-state index in [2.05, 4.69) is 38.8 Å². The molecule has 0 unspecified atom stereocenters. The molecule has 1 aliphatic rings. The van der Waals surface area contributed by atoms with Gasteiger partial charge in [-0.05, 0) is 67.6 Å². The second-order valence-corrected chi connectivity index (χ2v) is 7.64. The average Bonchev–Trinajstić information content (AvgIpc) is 2.53. The van der Waals surface area contributed by atoms with Crippen molar-refractivity contribution in [1.29, 1.82) is 0 Å². The molecule has 0 bridgehead atoms. The molecule has 0 saturated carbocycles. The Bertz CT molecular complexity index is 625. The van der Waals surface area contributed by atoms with E-state index >= 15 is 0 Å². The Morgan fingerprint density at radius 1 is 1.00 bits per heavy atom. The number of benzene rings is 1. The van der Waals surface area contributed by atoms with Crippen LogP contribution in [-0.2, 0) is 0 Å². The predicted octanol–water partition coefficient (Wildman–Crippen LogP) is 4.01. The molecule has 0 atom stereocenters. The smallest absolute Gasteiger partial charge is 0.146 e. The number of aryl methyl sites for hydroxylation is 1. The van der Waals surface area contributed by atoms with Gasteiger partial charge in [0.05, 0.1) is 0 Å². The fraction of sp³-hybridized carbons (Fsp3) is 0.375. The van der Waals surface area contributed by atoms with Crippen molar-refractivity contribution in [2.75, 3.05) is 18.8 Å². The van der Waals surface area contributed by atoms with Crippen molar-refractivity contribution >= 4 is 29.5 Å². The maximum absolute atomic E-state index is 5.64. The predicted molar refractivity (Wildman–Crippen MR) is 93.0 cm³/mol. The largest absolute Gasteiger partial charge is 0.382 e. The zero-order chi connectivity index (χ0) is 15.4. The molecular formula is C16H20N4S2. The molecule has 0 spiro atoms. The Kier molecular flexibility index (Phi) is 5.23. The lowest BCUT2D eigenvalue weighted by atomic mass is 10.2. The number of hydrogen-bond donors (Lipinski definition) is 1. The van der Waals surface area contributed by atoms with Gasteiger partial charge in [0.2, 0.25) is 0 Å². The number of nitrogen functional groups attached to an aromatic ring is 1. The minimum absolute atomic E-state index is 0.468. The summed E-state index contributed by atoms with van der Waals surface area (Å²) >= 11 is 3.49. The standard InChI is InChI=1S/C16H20N4S2/c1-12-11-15(17)18-19-16(12)21-13-5-7-14(8-6-13)22-20-9-3-2-4-10-20/h5-8,11H,2-4,9-10H2,1H3,(H2,17,18). The number of rotatable bonds is 4.